The zero-order chi connectivity index (χ0) is 21.5. The van der Waals surface area contributed by atoms with Gasteiger partial charge >= 0.3 is 0 Å². The lowest BCUT2D eigenvalue weighted by Gasteiger charge is -2.11. The first kappa shape index (κ1) is 20.6. The number of nitrogens with one attached hydrogen (secondary N) is 3. The first-order valence-corrected chi connectivity index (χ1v) is 9.16. The molecule has 0 aromatic heterocycles. The normalized spacial score (nSPS) is 10.0. The van der Waals surface area contributed by atoms with E-state index >= 15 is 0 Å². The maximum Gasteiger partial charge on any atom is 0.269 e. The van der Waals surface area contributed by atoms with Gasteiger partial charge in [-0.3, -0.25) is 35.9 Å². The van der Waals surface area contributed by atoms with E-state index in [9.17, 15) is 19.7 Å². The SMILES string of the molecule is O=C(NNC(=S)NC(=O)c1ccc(-c2ccccc2)cc1)c1ccc([N+](=O)[O-])cc1. The van der Waals surface area contributed by atoms with Crippen molar-refractivity contribution in [3.05, 3.63) is 100 Å². The molecule has 3 N–H and O–H groups in total. The third kappa shape index (κ3) is 5.24. The number of amides is 2. The fourth-order valence-corrected chi connectivity index (χ4v) is 2.72. The quantitative estimate of drug-likeness (QED) is 0.339. The first-order valence-electron chi connectivity index (χ1n) is 8.75. The summed E-state index contributed by atoms with van der Waals surface area (Å²) in [6.45, 7) is 0. The molecular weight excluding hydrogens is 404 g/mol. The second-order valence-electron chi connectivity index (χ2n) is 6.11. The number of non-ortho nitro benzene ring substituents is 1. The van der Waals surface area contributed by atoms with Crippen LogP contribution in [0.2, 0.25) is 0 Å². The Morgan fingerprint density at radius 3 is 1.87 bits per heavy atom. The highest BCUT2D eigenvalue weighted by atomic mass is 32.1. The number of benzene rings is 3. The van der Waals surface area contributed by atoms with E-state index in [1.807, 2.05) is 42.5 Å². The van der Waals surface area contributed by atoms with Crippen LogP contribution in [-0.4, -0.2) is 21.9 Å². The van der Waals surface area contributed by atoms with Crippen LogP contribution in [0, 0.1) is 10.1 Å². The summed E-state index contributed by atoms with van der Waals surface area (Å²) in [4.78, 5) is 34.4. The van der Waals surface area contributed by atoms with Gasteiger partial charge in [0.15, 0.2) is 5.11 Å². The van der Waals surface area contributed by atoms with Gasteiger partial charge in [0.1, 0.15) is 0 Å². The number of carbonyl (C=O) groups excluding carboxylic acids is 2. The van der Waals surface area contributed by atoms with Gasteiger partial charge in [-0.05, 0) is 47.6 Å². The van der Waals surface area contributed by atoms with Crippen molar-refractivity contribution in [2.45, 2.75) is 0 Å². The average molecular weight is 420 g/mol. The molecule has 0 radical (unpaired) electrons. The molecule has 0 bridgehead atoms. The van der Waals surface area contributed by atoms with Crippen LogP contribution in [0.5, 0.6) is 0 Å². The topological polar surface area (TPSA) is 113 Å². The van der Waals surface area contributed by atoms with Crippen LogP contribution < -0.4 is 16.2 Å². The Morgan fingerprint density at radius 2 is 1.27 bits per heavy atom. The number of nitrogens with zero attached hydrogens (tertiary/aromatic N) is 1. The van der Waals surface area contributed by atoms with E-state index in [1.165, 1.54) is 24.3 Å². The number of hydrazine groups is 1. The molecule has 0 spiro atoms. The predicted molar refractivity (Wildman–Crippen MR) is 116 cm³/mol. The summed E-state index contributed by atoms with van der Waals surface area (Å²) in [5, 5.41) is 13.0. The number of nitro groups is 1. The second-order valence-corrected chi connectivity index (χ2v) is 6.52. The lowest BCUT2D eigenvalue weighted by atomic mass is 10.0. The van der Waals surface area contributed by atoms with Crippen LogP contribution in [0.1, 0.15) is 20.7 Å². The van der Waals surface area contributed by atoms with Crippen molar-refractivity contribution in [2.75, 3.05) is 0 Å². The minimum Gasteiger partial charge on any atom is -0.298 e. The molecule has 0 atom stereocenters. The van der Waals surface area contributed by atoms with E-state index in [1.54, 1.807) is 12.1 Å². The van der Waals surface area contributed by atoms with Crippen LogP contribution in [0.25, 0.3) is 11.1 Å². The number of hydrogen-bond donors (Lipinski definition) is 3. The third-order valence-electron chi connectivity index (χ3n) is 4.11. The number of rotatable bonds is 4. The average Bonchev–Trinajstić information content (AvgIpc) is 2.78. The van der Waals surface area contributed by atoms with Gasteiger partial charge in [-0.1, -0.05) is 42.5 Å². The maximum atomic E-state index is 12.3. The van der Waals surface area contributed by atoms with E-state index < -0.39 is 16.7 Å². The standard InChI is InChI=1S/C21H16N4O4S/c26-19(16-8-6-15(7-9-16)14-4-2-1-3-5-14)22-21(30)24-23-20(27)17-10-12-18(13-11-17)25(28)29/h1-13H,(H,23,27)(H2,22,24,26,30). The summed E-state index contributed by atoms with van der Waals surface area (Å²) in [6.07, 6.45) is 0. The van der Waals surface area contributed by atoms with Gasteiger partial charge in [0.25, 0.3) is 17.5 Å². The molecule has 3 aromatic rings. The van der Waals surface area contributed by atoms with E-state index in [-0.39, 0.29) is 16.4 Å². The molecule has 3 aromatic carbocycles. The Labute approximate surface area is 177 Å². The van der Waals surface area contributed by atoms with Gasteiger partial charge in [0.2, 0.25) is 0 Å². The van der Waals surface area contributed by atoms with E-state index in [0.29, 0.717) is 5.56 Å². The zero-order valence-corrected chi connectivity index (χ0v) is 16.3. The Balaban J connectivity index is 1.52. The third-order valence-corrected chi connectivity index (χ3v) is 4.32. The minimum absolute atomic E-state index is 0.0950. The van der Waals surface area contributed by atoms with Gasteiger partial charge in [-0.25, -0.2) is 0 Å². The van der Waals surface area contributed by atoms with Crippen LogP contribution in [0.3, 0.4) is 0 Å². The van der Waals surface area contributed by atoms with Crippen LogP contribution in [-0.2, 0) is 0 Å². The largest absolute Gasteiger partial charge is 0.298 e. The van der Waals surface area contributed by atoms with Crippen molar-refractivity contribution in [1.29, 1.82) is 0 Å². The Kier molecular flexibility index (Phi) is 6.46. The molecule has 150 valence electrons. The summed E-state index contributed by atoms with van der Waals surface area (Å²) < 4.78 is 0. The molecule has 0 aliphatic carbocycles. The zero-order valence-electron chi connectivity index (χ0n) is 15.5. The molecule has 0 saturated carbocycles. The molecular formula is C21H16N4O4S. The van der Waals surface area contributed by atoms with Crippen molar-refractivity contribution < 1.29 is 14.5 Å². The molecule has 30 heavy (non-hydrogen) atoms. The first-order chi connectivity index (χ1) is 14.4. The lowest BCUT2D eigenvalue weighted by molar-refractivity contribution is -0.384. The van der Waals surface area contributed by atoms with E-state index in [0.717, 1.165) is 11.1 Å². The molecule has 9 heteroatoms. The lowest BCUT2D eigenvalue weighted by Crippen LogP contribution is -2.48. The van der Waals surface area contributed by atoms with Crippen LogP contribution in [0.4, 0.5) is 5.69 Å². The van der Waals surface area contributed by atoms with Gasteiger partial charge in [0.05, 0.1) is 4.92 Å². The van der Waals surface area contributed by atoms with Gasteiger partial charge in [0, 0.05) is 23.3 Å². The monoisotopic (exact) mass is 420 g/mol. The number of hydrogen-bond acceptors (Lipinski definition) is 5. The van der Waals surface area contributed by atoms with Crippen LogP contribution >= 0.6 is 12.2 Å². The molecule has 0 unspecified atom stereocenters. The van der Waals surface area contributed by atoms with Crippen molar-refractivity contribution in [3.8, 4) is 11.1 Å². The Hall–Kier alpha value is -4.11. The van der Waals surface area contributed by atoms with Crippen LogP contribution in [0.15, 0.2) is 78.9 Å². The van der Waals surface area contributed by atoms with Crippen molar-refractivity contribution in [2.24, 2.45) is 0 Å². The summed E-state index contributed by atoms with van der Waals surface area (Å²) >= 11 is 5.01. The molecule has 8 nitrogen and oxygen atoms in total. The number of thiocarbonyl (C=S) groups is 1. The molecule has 0 fully saturated rings. The van der Waals surface area contributed by atoms with E-state index in [2.05, 4.69) is 16.2 Å². The van der Waals surface area contributed by atoms with Gasteiger partial charge in [-0.2, -0.15) is 0 Å². The van der Waals surface area contributed by atoms with E-state index in [4.69, 9.17) is 12.2 Å². The summed E-state index contributed by atoms with van der Waals surface area (Å²) in [5.41, 5.74) is 7.23. The Bertz CT molecular complexity index is 1080. The fourth-order valence-electron chi connectivity index (χ4n) is 2.57. The van der Waals surface area contributed by atoms with Crippen molar-refractivity contribution >= 4 is 34.8 Å². The fraction of sp³-hybridized carbons (Fsp3) is 0. The number of carbonyl (C=O) groups is 2. The molecule has 0 heterocycles. The minimum atomic E-state index is -0.561. The molecule has 0 aliphatic heterocycles. The summed E-state index contributed by atoms with van der Waals surface area (Å²) in [7, 11) is 0. The second kappa shape index (κ2) is 9.39. The van der Waals surface area contributed by atoms with Gasteiger partial charge < -0.3 is 0 Å². The smallest absolute Gasteiger partial charge is 0.269 e. The molecule has 2 amide bonds. The highest BCUT2D eigenvalue weighted by Gasteiger charge is 2.11. The van der Waals surface area contributed by atoms with Gasteiger partial charge in [-0.15, -0.1) is 0 Å². The summed E-state index contributed by atoms with van der Waals surface area (Å²) in [5.74, 6) is -0.995. The number of nitro benzene ring substituents is 1. The molecule has 0 aliphatic rings. The molecule has 3 rings (SSSR count). The predicted octanol–water partition coefficient (Wildman–Crippen LogP) is 3.21. The maximum absolute atomic E-state index is 12.3. The molecule has 0 saturated heterocycles. The summed E-state index contributed by atoms with van der Waals surface area (Å²) in [6, 6.07) is 21.8. The van der Waals surface area contributed by atoms with Crippen molar-refractivity contribution in [1.82, 2.24) is 16.2 Å². The Morgan fingerprint density at radius 1 is 0.733 bits per heavy atom. The highest BCUT2D eigenvalue weighted by molar-refractivity contribution is 7.80. The highest BCUT2D eigenvalue weighted by Crippen LogP contribution is 2.19. The van der Waals surface area contributed by atoms with Crippen molar-refractivity contribution in [3.63, 3.8) is 0 Å².